The monoisotopic (exact) mass is 387 g/mol. The van der Waals surface area contributed by atoms with Crippen LogP contribution < -0.4 is 5.32 Å². The molecule has 2 aliphatic heterocycles. The van der Waals surface area contributed by atoms with Crippen LogP contribution in [0.1, 0.15) is 55.9 Å². The van der Waals surface area contributed by atoms with Crippen molar-refractivity contribution < 1.29 is 4.42 Å². The molecule has 1 N–H and O–H groups in total. The Kier molecular flexibility index (Phi) is 6.24. The number of nitrogens with zero attached hydrogens (tertiary/aromatic N) is 4. The third kappa shape index (κ3) is 4.53. The third-order valence-electron chi connectivity index (χ3n) is 7.18. The molecule has 156 valence electrons. The van der Waals surface area contributed by atoms with Gasteiger partial charge < -0.3 is 14.6 Å². The molecule has 3 fully saturated rings. The van der Waals surface area contributed by atoms with Gasteiger partial charge in [-0.1, -0.05) is 12.8 Å². The maximum atomic E-state index is 5.75. The van der Waals surface area contributed by atoms with Crippen LogP contribution in [0.25, 0.3) is 0 Å². The Bertz CT molecular complexity index is 643. The summed E-state index contributed by atoms with van der Waals surface area (Å²) in [4.78, 5) is 14.1. The summed E-state index contributed by atoms with van der Waals surface area (Å²) < 4.78 is 5.75. The molecule has 28 heavy (non-hydrogen) atoms. The highest BCUT2D eigenvalue weighted by Crippen LogP contribution is 2.36. The van der Waals surface area contributed by atoms with Crippen molar-refractivity contribution in [2.45, 2.75) is 58.9 Å². The molecule has 4 rings (SSSR count). The Morgan fingerprint density at radius 1 is 1.11 bits per heavy atom. The lowest BCUT2D eigenvalue weighted by Crippen LogP contribution is -2.44. The number of hydrogen-bond donors (Lipinski definition) is 1. The van der Waals surface area contributed by atoms with Crippen LogP contribution in [0.4, 0.5) is 0 Å². The van der Waals surface area contributed by atoms with Gasteiger partial charge in [-0.2, -0.15) is 0 Å². The number of rotatable bonds is 4. The predicted molar refractivity (Wildman–Crippen MR) is 112 cm³/mol. The zero-order chi connectivity index (χ0) is 19.5. The fourth-order valence-electron chi connectivity index (χ4n) is 5.29. The van der Waals surface area contributed by atoms with E-state index in [1.807, 2.05) is 20.9 Å². The summed E-state index contributed by atoms with van der Waals surface area (Å²) in [5.41, 5.74) is 1.02. The summed E-state index contributed by atoms with van der Waals surface area (Å²) in [5.74, 6) is 5.47. The summed E-state index contributed by atoms with van der Waals surface area (Å²) in [6.45, 7) is 10.6. The van der Waals surface area contributed by atoms with Crippen LogP contribution in [-0.4, -0.2) is 60.5 Å². The zero-order valence-electron chi connectivity index (χ0n) is 17.9. The number of hydrogen-bond acceptors (Lipinski definition) is 4. The van der Waals surface area contributed by atoms with Crippen molar-refractivity contribution in [1.29, 1.82) is 0 Å². The second-order valence-electron chi connectivity index (χ2n) is 9.11. The number of likely N-dealkylation sites (tertiary alicyclic amines) is 2. The van der Waals surface area contributed by atoms with Crippen LogP contribution in [0.3, 0.4) is 0 Å². The fourth-order valence-corrected chi connectivity index (χ4v) is 5.29. The average Bonchev–Trinajstić information content (AvgIpc) is 3.26. The number of nitrogens with one attached hydrogen (secondary N) is 1. The van der Waals surface area contributed by atoms with Crippen molar-refractivity contribution in [1.82, 2.24) is 20.1 Å². The van der Waals surface area contributed by atoms with Crippen LogP contribution in [0.15, 0.2) is 9.41 Å². The number of guanidine groups is 1. The number of aryl methyl sites for hydroxylation is 2. The third-order valence-corrected chi connectivity index (χ3v) is 7.18. The van der Waals surface area contributed by atoms with Gasteiger partial charge in [0.1, 0.15) is 5.76 Å². The van der Waals surface area contributed by atoms with Gasteiger partial charge in [-0.15, -0.1) is 0 Å². The van der Waals surface area contributed by atoms with E-state index in [2.05, 4.69) is 25.1 Å². The van der Waals surface area contributed by atoms with E-state index >= 15 is 0 Å². The molecule has 1 aromatic heterocycles. The Labute approximate surface area is 169 Å². The van der Waals surface area contributed by atoms with E-state index in [1.54, 1.807) is 0 Å². The maximum absolute atomic E-state index is 5.75. The van der Waals surface area contributed by atoms with Gasteiger partial charge in [0.25, 0.3) is 0 Å². The minimum absolute atomic E-state index is 0.728. The molecule has 0 spiro atoms. The van der Waals surface area contributed by atoms with Gasteiger partial charge in [0.15, 0.2) is 5.96 Å². The molecule has 0 bridgehead atoms. The van der Waals surface area contributed by atoms with E-state index < -0.39 is 0 Å². The van der Waals surface area contributed by atoms with Gasteiger partial charge in [-0.3, -0.25) is 9.89 Å². The van der Waals surface area contributed by atoms with Gasteiger partial charge in [0, 0.05) is 26.7 Å². The molecule has 0 radical (unpaired) electrons. The molecular weight excluding hydrogens is 350 g/mol. The molecule has 0 aromatic carbocycles. The van der Waals surface area contributed by atoms with Crippen LogP contribution in [0.5, 0.6) is 0 Å². The fraction of sp³-hybridized carbons (Fsp3) is 0.818. The Balaban J connectivity index is 1.20. The molecule has 6 nitrogen and oxygen atoms in total. The number of oxazole rings is 1. The lowest BCUT2D eigenvalue weighted by Gasteiger charge is -2.32. The first-order valence-corrected chi connectivity index (χ1v) is 11.2. The average molecular weight is 388 g/mol. The molecule has 1 aliphatic carbocycles. The van der Waals surface area contributed by atoms with Crippen molar-refractivity contribution >= 4 is 5.96 Å². The zero-order valence-corrected chi connectivity index (χ0v) is 17.9. The molecule has 1 aromatic rings. The highest BCUT2D eigenvalue weighted by Gasteiger charge is 2.35. The second-order valence-corrected chi connectivity index (χ2v) is 9.11. The molecule has 3 heterocycles. The minimum Gasteiger partial charge on any atom is -0.444 e. The summed E-state index contributed by atoms with van der Waals surface area (Å²) in [7, 11) is 1.94. The molecule has 2 unspecified atom stereocenters. The molecule has 1 saturated carbocycles. The maximum Gasteiger partial charge on any atom is 0.208 e. The molecule has 0 amide bonds. The highest BCUT2D eigenvalue weighted by atomic mass is 16.4. The first kappa shape index (κ1) is 19.7. The van der Waals surface area contributed by atoms with Crippen LogP contribution in [0.2, 0.25) is 0 Å². The summed E-state index contributed by atoms with van der Waals surface area (Å²) >= 11 is 0. The predicted octanol–water partition coefficient (Wildman–Crippen LogP) is 3.20. The van der Waals surface area contributed by atoms with Crippen LogP contribution in [-0.2, 0) is 6.54 Å². The van der Waals surface area contributed by atoms with Gasteiger partial charge in [-0.05, 0) is 70.4 Å². The second kappa shape index (κ2) is 8.85. The first-order chi connectivity index (χ1) is 13.6. The molecule has 2 atom stereocenters. The van der Waals surface area contributed by atoms with Crippen molar-refractivity contribution in [3.05, 3.63) is 17.3 Å². The van der Waals surface area contributed by atoms with E-state index in [4.69, 9.17) is 4.42 Å². The van der Waals surface area contributed by atoms with E-state index in [1.165, 1.54) is 51.6 Å². The van der Waals surface area contributed by atoms with Crippen molar-refractivity contribution in [2.75, 3.05) is 39.8 Å². The topological polar surface area (TPSA) is 56.9 Å². The number of fused-ring (bicyclic) bond motifs is 1. The van der Waals surface area contributed by atoms with Crippen molar-refractivity contribution in [3.63, 3.8) is 0 Å². The summed E-state index contributed by atoms with van der Waals surface area (Å²) in [5, 5.41) is 3.69. The van der Waals surface area contributed by atoms with Gasteiger partial charge >= 0.3 is 0 Å². The van der Waals surface area contributed by atoms with Crippen molar-refractivity contribution in [2.24, 2.45) is 22.7 Å². The lowest BCUT2D eigenvalue weighted by molar-refractivity contribution is 0.163. The molecular formula is C22H37N5O. The SMILES string of the molecule is CN=C(NCC1CCN(Cc2nc(C)c(C)o2)CC1)N1CC2CCCCC2C1. The Hall–Kier alpha value is -1.56. The smallest absolute Gasteiger partial charge is 0.208 e. The summed E-state index contributed by atoms with van der Waals surface area (Å²) in [6, 6.07) is 0. The number of piperidine rings is 1. The van der Waals surface area contributed by atoms with Gasteiger partial charge in [0.2, 0.25) is 5.89 Å². The van der Waals surface area contributed by atoms with E-state index in [0.717, 1.165) is 67.2 Å². The van der Waals surface area contributed by atoms with Crippen LogP contribution >= 0.6 is 0 Å². The normalized spacial score (nSPS) is 27.2. The largest absolute Gasteiger partial charge is 0.444 e. The molecule has 6 heteroatoms. The number of aliphatic imine (C=N–C) groups is 1. The molecule has 2 saturated heterocycles. The van der Waals surface area contributed by atoms with Crippen LogP contribution in [0, 0.1) is 31.6 Å². The van der Waals surface area contributed by atoms with E-state index in [9.17, 15) is 0 Å². The number of aromatic nitrogens is 1. The lowest BCUT2D eigenvalue weighted by atomic mass is 9.82. The van der Waals surface area contributed by atoms with Gasteiger partial charge in [-0.25, -0.2) is 4.98 Å². The van der Waals surface area contributed by atoms with E-state index in [-0.39, 0.29) is 0 Å². The summed E-state index contributed by atoms with van der Waals surface area (Å²) in [6.07, 6.45) is 8.14. The standard InChI is InChI=1S/C22H37N5O/c1-16-17(2)28-21(25-16)15-26-10-8-18(9-11-26)12-24-22(23-3)27-13-19-6-4-5-7-20(19)14-27/h18-20H,4-15H2,1-3H3,(H,23,24). The van der Waals surface area contributed by atoms with Crippen molar-refractivity contribution in [3.8, 4) is 0 Å². The van der Waals surface area contributed by atoms with E-state index in [0.29, 0.717) is 0 Å². The Morgan fingerprint density at radius 3 is 2.36 bits per heavy atom. The Morgan fingerprint density at radius 2 is 1.79 bits per heavy atom. The molecule has 3 aliphatic rings. The minimum atomic E-state index is 0.728. The quantitative estimate of drug-likeness (QED) is 0.635. The highest BCUT2D eigenvalue weighted by molar-refractivity contribution is 5.80. The van der Waals surface area contributed by atoms with Gasteiger partial charge in [0.05, 0.1) is 12.2 Å². The first-order valence-electron chi connectivity index (χ1n) is 11.2.